The molecule has 0 amide bonds. The Balaban J connectivity index is 1.69. The van der Waals surface area contributed by atoms with Crippen molar-refractivity contribution >= 4 is 5.69 Å². The highest BCUT2D eigenvalue weighted by atomic mass is 19.4. The third-order valence-corrected chi connectivity index (χ3v) is 3.91. The summed E-state index contributed by atoms with van der Waals surface area (Å²) in [5, 5.41) is 12.9. The normalized spacial score (nSPS) is 11.3. The van der Waals surface area contributed by atoms with E-state index in [0.717, 1.165) is 34.5 Å². The van der Waals surface area contributed by atoms with Crippen LogP contribution >= 0.6 is 0 Å². The Morgan fingerprint density at radius 2 is 1.32 bits per heavy atom. The molecule has 3 rings (SSSR count). The lowest BCUT2D eigenvalue weighted by Crippen LogP contribution is -2.04. The topological polar surface area (TPSA) is 32.3 Å². The lowest BCUT2D eigenvalue weighted by Gasteiger charge is -2.10. The van der Waals surface area contributed by atoms with Gasteiger partial charge in [0.05, 0.1) is 5.56 Å². The molecule has 3 aromatic rings. The summed E-state index contributed by atoms with van der Waals surface area (Å²) >= 11 is 0. The monoisotopic (exact) mass is 343 g/mol. The number of hydrogen-bond donors (Lipinski definition) is 2. The minimum Gasteiger partial charge on any atom is -0.508 e. The number of para-hydroxylation sites is 1. The second-order valence-corrected chi connectivity index (χ2v) is 5.63. The Hall–Kier alpha value is -2.95. The maximum absolute atomic E-state index is 12.6. The maximum Gasteiger partial charge on any atom is 0.416 e. The first-order chi connectivity index (χ1) is 11.9. The van der Waals surface area contributed by atoms with Crippen molar-refractivity contribution < 1.29 is 18.3 Å². The van der Waals surface area contributed by atoms with Gasteiger partial charge in [0.2, 0.25) is 0 Å². The lowest BCUT2D eigenvalue weighted by atomic mass is 10.0. The average Bonchev–Trinajstić information content (AvgIpc) is 2.61. The number of benzene rings is 3. The van der Waals surface area contributed by atoms with E-state index >= 15 is 0 Å². The first-order valence-electron chi connectivity index (χ1n) is 7.72. The van der Waals surface area contributed by atoms with Crippen molar-refractivity contribution in [1.29, 1.82) is 0 Å². The van der Waals surface area contributed by atoms with Crippen molar-refractivity contribution in [1.82, 2.24) is 0 Å². The van der Waals surface area contributed by atoms with Crippen LogP contribution in [0, 0.1) is 0 Å². The van der Waals surface area contributed by atoms with Crippen LogP contribution in [-0.4, -0.2) is 5.11 Å². The summed E-state index contributed by atoms with van der Waals surface area (Å²) in [4.78, 5) is 0. The van der Waals surface area contributed by atoms with Gasteiger partial charge in [-0.05, 0) is 41.5 Å². The molecule has 0 atom stereocenters. The Labute approximate surface area is 143 Å². The lowest BCUT2D eigenvalue weighted by molar-refractivity contribution is -0.137. The minimum absolute atomic E-state index is 0.233. The van der Waals surface area contributed by atoms with Gasteiger partial charge in [-0.1, -0.05) is 42.5 Å². The number of rotatable bonds is 4. The van der Waals surface area contributed by atoms with E-state index in [1.807, 2.05) is 36.4 Å². The average molecular weight is 343 g/mol. The van der Waals surface area contributed by atoms with Gasteiger partial charge in [0, 0.05) is 17.8 Å². The second kappa shape index (κ2) is 6.89. The van der Waals surface area contributed by atoms with Crippen LogP contribution < -0.4 is 5.32 Å². The van der Waals surface area contributed by atoms with E-state index in [9.17, 15) is 18.3 Å². The van der Waals surface area contributed by atoms with Crippen molar-refractivity contribution in [3.05, 3.63) is 83.9 Å². The molecule has 2 nitrogen and oxygen atoms in total. The zero-order valence-electron chi connectivity index (χ0n) is 13.2. The molecule has 0 aromatic heterocycles. The molecule has 0 aliphatic carbocycles. The summed E-state index contributed by atoms with van der Waals surface area (Å²) in [5.41, 5.74) is 2.55. The van der Waals surface area contributed by atoms with Crippen LogP contribution in [-0.2, 0) is 12.7 Å². The van der Waals surface area contributed by atoms with Gasteiger partial charge in [0.15, 0.2) is 0 Å². The quantitative estimate of drug-likeness (QED) is 0.638. The van der Waals surface area contributed by atoms with Crippen molar-refractivity contribution in [3.63, 3.8) is 0 Å². The molecule has 0 spiro atoms. The Kier molecular flexibility index (Phi) is 4.65. The fourth-order valence-electron chi connectivity index (χ4n) is 2.49. The molecule has 0 saturated carbocycles. The molecule has 0 saturated heterocycles. The van der Waals surface area contributed by atoms with Crippen LogP contribution in [0.3, 0.4) is 0 Å². The molecule has 25 heavy (non-hydrogen) atoms. The maximum atomic E-state index is 12.6. The van der Waals surface area contributed by atoms with Gasteiger partial charge in [-0.2, -0.15) is 13.2 Å². The summed E-state index contributed by atoms with van der Waals surface area (Å²) < 4.78 is 37.8. The predicted molar refractivity (Wildman–Crippen MR) is 92.3 cm³/mol. The zero-order chi connectivity index (χ0) is 17.9. The van der Waals surface area contributed by atoms with E-state index in [4.69, 9.17) is 0 Å². The van der Waals surface area contributed by atoms with Gasteiger partial charge in [0.25, 0.3) is 0 Å². The molecule has 0 fully saturated rings. The van der Waals surface area contributed by atoms with E-state index < -0.39 is 11.7 Å². The first kappa shape index (κ1) is 16.9. The fraction of sp³-hybridized carbons (Fsp3) is 0.100. The Morgan fingerprint density at radius 1 is 0.760 bits per heavy atom. The number of hydrogen-bond acceptors (Lipinski definition) is 2. The summed E-state index contributed by atoms with van der Waals surface area (Å²) in [6.45, 7) is 0.478. The van der Waals surface area contributed by atoms with E-state index in [0.29, 0.717) is 6.54 Å². The molecule has 0 aliphatic heterocycles. The van der Waals surface area contributed by atoms with Crippen LogP contribution in [0.2, 0.25) is 0 Å². The standard InChI is InChI=1S/C20H16F3NO/c21-20(22,23)17-9-5-14(6-10-17)15-7-11-18(12-8-15)24-13-16-3-1-2-4-19(16)25/h1-12,24-25H,13H2. The highest BCUT2D eigenvalue weighted by Crippen LogP contribution is 2.31. The number of nitrogens with one attached hydrogen (secondary N) is 1. The summed E-state index contributed by atoms with van der Waals surface area (Å²) in [6, 6.07) is 19.6. The van der Waals surface area contributed by atoms with Crippen LogP contribution in [0.1, 0.15) is 11.1 Å². The Morgan fingerprint density at radius 3 is 1.88 bits per heavy atom. The van der Waals surface area contributed by atoms with E-state index in [1.165, 1.54) is 12.1 Å². The molecule has 0 aliphatic rings. The summed E-state index contributed by atoms with van der Waals surface area (Å²) in [5.74, 6) is 0.233. The number of halogens is 3. The van der Waals surface area contributed by atoms with Crippen LogP contribution in [0.25, 0.3) is 11.1 Å². The number of aromatic hydroxyl groups is 1. The molecule has 0 unspecified atom stereocenters. The molecular weight excluding hydrogens is 327 g/mol. The van der Waals surface area contributed by atoms with Crippen LogP contribution in [0.5, 0.6) is 5.75 Å². The van der Waals surface area contributed by atoms with E-state index in [-0.39, 0.29) is 5.75 Å². The molecular formula is C20H16F3NO. The molecule has 3 aromatic carbocycles. The van der Waals surface area contributed by atoms with E-state index in [2.05, 4.69) is 5.32 Å². The van der Waals surface area contributed by atoms with Gasteiger partial charge < -0.3 is 10.4 Å². The smallest absolute Gasteiger partial charge is 0.416 e. The Bertz CT molecular complexity index is 840. The number of alkyl halides is 3. The highest BCUT2D eigenvalue weighted by molar-refractivity contribution is 5.66. The van der Waals surface area contributed by atoms with E-state index in [1.54, 1.807) is 12.1 Å². The predicted octanol–water partition coefficient (Wildman–Crippen LogP) is 5.69. The first-order valence-corrected chi connectivity index (χ1v) is 7.72. The minimum atomic E-state index is -4.32. The van der Waals surface area contributed by atoms with Gasteiger partial charge in [0.1, 0.15) is 5.75 Å². The largest absolute Gasteiger partial charge is 0.508 e. The molecule has 128 valence electrons. The third kappa shape index (κ3) is 4.12. The van der Waals surface area contributed by atoms with Crippen LogP contribution in [0.4, 0.5) is 18.9 Å². The zero-order valence-corrected chi connectivity index (χ0v) is 13.2. The molecule has 0 radical (unpaired) electrons. The molecule has 0 heterocycles. The number of anilines is 1. The van der Waals surface area contributed by atoms with Crippen molar-refractivity contribution in [3.8, 4) is 16.9 Å². The fourth-order valence-corrected chi connectivity index (χ4v) is 2.49. The van der Waals surface area contributed by atoms with Gasteiger partial charge in [-0.25, -0.2) is 0 Å². The van der Waals surface area contributed by atoms with Gasteiger partial charge in [-0.3, -0.25) is 0 Å². The molecule has 5 heteroatoms. The number of phenols is 1. The van der Waals surface area contributed by atoms with Gasteiger partial charge in [-0.15, -0.1) is 0 Å². The second-order valence-electron chi connectivity index (χ2n) is 5.63. The van der Waals surface area contributed by atoms with Crippen LogP contribution in [0.15, 0.2) is 72.8 Å². The molecule has 0 bridgehead atoms. The van der Waals surface area contributed by atoms with Gasteiger partial charge >= 0.3 is 6.18 Å². The highest BCUT2D eigenvalue weighted by Gasteiger charge is 2.29. The number of phenolic OH excluding ortho intramolecular Hbond substituents is 1. The third-order valence-electron chi connectivity index (χ3n) is 3.91. The summed E-state index contributed by atoms with van der Waals surface area (Å²) in [6.07, 6.45) is -4.32. The SMILES string of the molecule is Oc1ccccc1CNc1ccc(-c2ccc(C(F)(F)F)cc2)cc1. The van der Waals surface area contributed by atoms with Crippen molar-refractivity contribution in [2.45, 2.75) is 12.7 Å². The van der Waals surface area contributed by atoms with Crippen molar-refractivity contribution in [2.75, 3.05) is 5.32 Å². The molecule has 2 N–H and O–H groups in total. The summed E-state index contributed by atoms with van der Waals surface area (Å²) in [7, 11) is 0. The van der Waals surface area contributed by atoms with Crippen molar-refractivity contribution in [2.24, 2.45) is 0 Å².